The Kier molecular flexibility index (Phi) is 9.76. The molecule has 0 saturated heterocycles. The van der Waals surface area contributed by atoms with E-state index in [-0.39, 0.29) is 0 Å². The van der Waals surface area contributed by atoms with E-state index < -0.39 is 11.9 Å². The lowest BCUT2D eigenvalue weighted by atomic mass is 10.5. The molecule has 3 N–H and O–H groups in total. The number of amides is 3. The number of carbonyl (C=O) groups is 2. The standard InChI is InChI=1S/C5H8N2O2.C2H6/c1-2-3-4(8)7-5(6)9;1-2/h2-3H,1H3,(H3,6,7,8,9);1-2H3/b3-2-;. The van der Waals surface area contributed by atoms with Crippen molar-refractivity contribution in [1.29, 1.82) is 0 Å². The van der Waals surface area contributed by atoms with E-state index in [0.29, 0.717) is 0 Å². The van der Waals surface area contributed by atoms with Gasteiger partial charge in [0, 0.05) is 0 Å². The predicted octanol–water partition coefficient (Wildman–Crippen LogP) is 0.784. The van der Waals surface area contributed by atoms with E-state index in [9.17, 15) is 9.59 Å². The number of nitrogens with two attached hydrogens (primary N) is 1. The molecule has 0 spiro atoms. The topological polar surface area (TPSA) is 72.2 Å². The van der Waals surface area contributed by atoms with Gasteiger partial charge in [-0.25, -0.2) is 4.79 Å². The van der Waals surface area contributed by atoms with Crippen LogP contribution >= 0.6 is 0 Å². The Balaban J connectivity index is 0. The molecule has 0 radical (unpaired) electrons. The Hall–Kier alpha value is -1.32. The number of nitrogens with one attached hydrogen (secondary N) is 1. The molecule has 11 heavy (non-hydrogen) atoms. The second kappa shape index (κ2) is 8.68. The Morgan fingerprint density at radius 2 is 1.82 bits per heavy atom. The van der Waals surface area contributed by atoms with Crippen LogP contribution in [0.1, 0.15) is 20.8 Å². The first kappa shape index (κ1) is 12.4. The molecule has 0 aromatic rings. The van der Waals surface area contributed by atoms with Gasteiger partial charge < -0.3 is 5.73 Å². The zero-order chi connectivity index (χ0) is 9.28. The monoisotopic (exact) mass is 158 g/mol. The number of hydrogen-bond acceptors (Lipinski definition) is 2. The maximum absolute atomic E-state index is 10.4. The first-order chi connectivity index (χ1) is 5.16. The van der Waals surface area contributed by atoms with Gasteiger partial charge in [-0.1, -0.05) is 19.9 Å². The van der Waals surface area contributed by atoms with E-state index in [1.165, 1.54) is 12.2 Å². The fourth-order valence-corrected chi connectivity index (χ4v) is 0.314. The summed E-state index contributed by atoms with van der Waals surface area (Å²) in [5.74, 6) is -0.495. The summed E-state index contributed by atoms with van der Waals surface area (Å²) in [6, 6.07) is -0.835. The number of primary amides is 1. The van der Waals surface area contributed by atoms with Gasteiger partial charge in [-0.2, -0.15) is 0 Å². The number of urea groups is 1. The smallest absolute Gasteiger partial charge is 0.319 e. The van der Waals surface area contributed by atoms with Crippen LogP contribution in [0, 0.1) is 0 Å². The van der Waals surface area contributed by atoms with E-state index in [4.69, 9.17) is 0 Å². The summed E-state index contributed by atoms with van der Waals surface area (Å²) in [5, 5.41) is 1.86. The zero-order valence-corrected chi connectivity index (χ0v) is 7.05. The predicted molar refractivity (Wildman–Crippen MR) is 43.9 cm³/mol. The minimum absolute atomic E-state index is 0.495. The van der Waals surface area contributed by atoms with E-state index in [1.54, 1.807) is 6.92 Å². The second-order valence-corrected chi connectivity index (χ2v) is 1.35. The van der Waals surface area contributed by atoms with Gasteiger partial charge in [0.05, 0.1) is 0 Å². The third-order valence-corrected chi connectivity index (χ3v) is 0.564. The molecule has 64 valence electrons. The van der Waals surface area contributed by atoms with Crippen LogP contribution in [0.5, 0.6) is 0 Å². The molecule has 0 aliphatic rings. The Labute approximate surface area is 66.5 Å². The number of imide groups is 1. The Morgan fingerprint density at radius 3 is 2.09 bits per heavy atom. The van der Waals surface area contributed by atoms with Gasteiger partial charge in [0.1, 0.15) is 0 Å². The van der Waals surface area contributed by atoms with E-state index >= 15 is 0 Å². The molecule has 0 aromatic carbocycles. The van der Waals surface area contributed by atoms with Gasteiger partial charge >= 0.3 is 6.03 Å². The van der Waals surface area contributed by atoms with Gasteiger partial charge in [0.2, 0.25) is 0 Å². The van der Waals surface area contributed by atoms with Crippen molar-refractivity contribution in [3.63, 3.8) is 0 Å². The summed E-state index contributed by atoms with van der Waals surface area (Å²) < 4.78 is 0. The maximum atomic E-state index is 10.4. The summed E-state index contributed by atoms with van der Waals surface area (Å²) in [4.78, 5) is 20.3. The maximum Gasteiger partial charge on any atom is 0.319 e. The molecule has 0 heterocycles. The molecule has 0 aromatic heterocycles. The molecule has 4 nitrogen and oxygen atoms in total. The van der Waals surface area contributed by atoms with Crippen molar-refractivity contribution >= 4 is 11.9 Å². The van der Waals surface area contributed by atoms with Gasteiger partial charge in [-0.3, -0.25) is 10.1 Å². The van der Waals surface area contributed by atoms with Crippen molar-refractivity contribution in [3.05, 3.63) is 12.2 Å². The molecule has 0 unspecified atom stereocenters. The zero-order valence-electron chi connectivity index (χ0n) is 7.05. The van der Waals surface area contributed by atoms with Crippen LogP contribution in [0.2, 0.25) is 0 Å². The summed E-state index contributed by atoms with van der Waals surface area (Å²) in [6.07, 6.45) is 2.73. The third-order valence-electron chi connectivity index (χ3n) is 0.564. The van der Waals surface area contributed by atoms with Crippen LogP contribution in [-0.4, -0.2) is 11.9 Å². The van der Waals surface area contributed by atoms with Crippen LogP contribution in [0.4, 0.5) is 4.79 Å². The summed E-state index contributed by atoms with van der Waals surface area (Å²) >= 11 is 0. The molecule has 0 rings (SSSR count). The largest absolute Gasteiger partial charge is 0.351 e. The van der Waals surface area contributed by atoms with Crippen LogP contribution in [0.15, 0.2) is 12.2 Å². The Morgan fingerprint density at radius 1 is 1.36 bits per heavy atom. The highest BCUT2D eigenvalue weighted by Crippen LogP contribution is 1.69. The van der Waals surface area contributed by atoms with Crippen molar-refractivity contribution in [2.24, 2.45) is 5.73 Å². The summed E-state index contributed by atoms with van der Waals surface area (Å²) in [5.41, 5.74) is 4.62. The molecule has 0 atom stereocenters. The lowest BCUT2D eigenvalue weighted by Crippen LogP contribution is -2.33. The van der Waals surface area contributed by atoms with Crippen LogP contribution in [0.25, 0.3) is 0 Å². The van der Waals surface area contributed by atoms with Crippen molar-refractivity contribution in [3.8, 4) is 0 Å². The van der Waals surface area contributed by atoms with Gasteiger partial charge in [-0.05, 0) is 13.0 Å². The second-order valence-electron chi connectivity index (χ2n) is 1.35. The summed E-state index contributed by atoms with van der Waals surface area (Å²) in [7, 11) is 0. The fourth-order valence-electron chi connectivity index (χ4n) is 0.314. The first-order valence-electron chi connectivity index (χ1n) is 3.40. The highest BCUT2D eigenvalue weighted by molar-refractivity contribution is 5.99. The van der Waals surface area contributed by atoms with Crippen LogP contribution < -0.4 is 11.1 Å². The summed E-state index contributed by atoms with van der Waals surface area (Å²) in [6.45, 7) is 5.67. The highest BCUT2D eigenvalue weighted by Gasteiger charge is 1.95. The average Bonchev–Trinajstić information content (AvgIpc) is 1.91. The minimum Gasteiger partial charge on any atom is -0.351 e. The Bertz CT molecular complexity index is 153. The van der Waals surface area contributed by atoms with E-state index in [2.05, 4.69) is 5.73 Å². The lowest BCUT2D eigenvalue weighted by Gasteiger charge is -1.90. The number of rotatable bonds is 1. The number of hydrogen-bond donors (Lipinski definition) is 2. The normalized spacial score (nSPS) is 8.27. The van der Waals surface area contributed by atoms with Crippen molar-refractivity contribution < 1.29 is 9.59 Å². The minimum atomic E-state index is -0.835. The van der Waals surface area contributed by atoms with Crippen LogP contribution in [-0.2, 0) is 4.79 Å². The lowest BCUT2D eigenvalue weighted by molar-refractivity contribution is -0.115. The molecule has 0 fully saturated rings. The van der Waals surface area contributed by atoms with Crippen molar-refractivity contribution in [1.82, 2.24) is 5.32 Å². The molecule has 3 amide bonds. The number of allylic oxidation sites excluding steroid dienone is 1. The average molecular weight is 158 g/mol. The quantitative estimate of drug-likeness (QED) is 0.553. The molecule has 0 saturated carbocycles. The van der Waals surface area contributed by atoms with Crippen LogP contribution in [0.3, 0.4) is 0 Å². The number of carbonyl (C=O) groups excluding carboxylic acids is 2. The fraction of sp³-hybridized carbons (Fsp3) is 0.429. The first-order valence-corrected chi connectivity index (χ1v) is 3.40. The van der Waals surface area contributed by atoms with Gasteiger partial charge in [0.15, 0.2) is 0 Å². The van der Waals surface area contributed by atoms with E-state index in [1.807, 2.05) is 19.2 Å². The molecule has 0 bridgehead atoms. The van der Waals surface area contributed by atoms with Crippen molar-refractivity contribution in [2.75, 3.05) is 0 Å². The third kappa shape index (κ3) is 12.0. The molecule has 0 aliphatic carbocycles. The molecular formula is C7H14N2O2. The SMILES string of the molecule is C/C=C\C(=O)NC(N)=O.CC. The van der Waals surface area contributed by atoms with Gasteiger partial charge in [-0.15, -0.1) is 0 Å². The van der Waals surface area contributed by atoms with Gasteiger partial charge in [0.25, 0.3) is 5.91 Å². The van der Waals surface area contributed by atoms with Crippen molar-refractivity contribution in [2.45, 2.75) is 20.8 Å². The highest BCUT2D eigenvalue weighted by atomic mass is 16.2. The molecule has 4 heteroatoms. The molecule has 0 aliphatic heterocycles. The van der Waals surface area contributed by atoms with E-state index in [0.717, 1.165) is 0 Å². The molecular weight excluding hydrogens is 144 g/mol.